The molecule has 0 bridgehead atoms. The Morgan fingerprint density at radius 3 is 2.59 bits per heavy atom. The van der Waals surface area contributed by atoms with E-state index in [1.807, 2.05) is 31.8 Å². The van der Waals surface area contributed by atoms with E-state index in [2.05, 4.69) is 31.9 Å². The van der Waals surface area contributed by atoms with Crippen molar-refractivity contribution in [1.82, 2.24) is 25.1 Å². The molecule has 0 N–H and O–H groups in total. The number of thioether (sulfide) groups is 1. The summed E-state index contributed by atoms with van der Waals surface area (Å²) in [6.45, 7) is 7.87. The molecular formula is C19H22N6OS. The third-order valence-corrected chi connectivity index (χ3v) is 5.62. The molecule has 0 aliphatic carbocycles. The van der Waals surface area contributed by atoms with Crippen LogP contribution in [0.2, 0.25) is 0 Å². The number of aryl methyl sites for hydroxylation is 2. The lowest BCUT2D eigenvalue weighted by molar-refractivity contribution is 0.426. The van der Waals surface area contributed by atoms with E-state index in [9.17, 15) is 0 Å². The van der Waals surface area contributed by atoms with Gasteiger partial charge in [0.2, 0.25) is 5.95 Å². The summed E-state index contributed by atoms with van der Waals surface area (Å²) in [7, 11) is 0. The van der Waals surface area contributed by atoms with Crippen molar-refractivity contribution in [1.29, 1.82) is 0 Å². The Labute approximate surface area is 162 Å². The molecule has 7 nitrogen and oxygen atoms in total. The van der Waals surface area contributed by atoms with Gasteiger partial charge in [0.25, 0.3) is 0 Å². The molecule has 0 radical (unpaired) electrons. The highest BCUT2D eigenvalue weighted by Gasteiger charge is 2.22. The van der Waals surface area contributed by atoms with Gasteiger partial charge in [0.1, 0.15) is 11.4 Å². The molecule has 3 aromatic heterocycles. The quantitative estimate of drug-likeness (QED) is 0.680. The summed E-state index contributed by atoms with van der Waals surface area (Å²) in [6, 6.07) is 0. The van der Waals surface area contributed by atoms with Gasteiger partial charge in [0, 0.05) is 42.6 Å². The first-order chi connectivity index (χ1) is 13.2. The number of nitrogens with zero attached hydrogens (tertiary/aromatic N) is 6. The molecule has 1 saturated heterocycles. The van der Waals surface area contributed by atoms with Gasteiger partial charge in [-0.25, -0.2) is 9.97 Å². The minimum absolute atomic E-state index is 0.710. The van der Waals surface area contributed by atoms with E-state index in [0.717, 1.165) is 65.2 Å². The van der Waals surface area contributed by atoms with Crippen molar-refractivity contribution in [2.45, 2.75) is 27.2 Å². The van der Waals surface area contributed by atoms with Crippen LogP contribution in [0.1, 0.15) is 23.9 Å². The zero-order chi connectivity index (χ0) is 18.8. The number of hydrogen-bond acceptors (Lipinski definition) is 8. The van der Waals surface area contributed by atoms with Gasteiger partial charge in [-0.2, -0.15) is 11.8 Å². The van der Waals surface area contributed by atoms with E-state index in [-0.39, 0.29) is 0 Å². The third kappa shape index (κ3) is 3.53. The van der Waals surface area contributed by atoms with Crippen molar-refractivity contribution < 1.29 is 4.52 Å². The second-order valence-electron chi connectivity index (χ2n) is 6.50. The van der Waals surface area contributed by atoms with Gasteiger partial charge in [-0.1, -0.05) is 12.1 Å². The molecule has 0 atom stereocenters. The van der Waals surface area contributed by atoms with Gasteiger partial charge in [-0.05, 0) is 20.3 Å². The highest BCUT2D eigenvalue weighted by Crippen LogP contribution is 2.34. The average molecular weight is 382 g/mol. The van der Waals surface area contributed by atoms with Crippen molar-refractivity contribution >= 4 is 17.7 Å². The van der Waals surface area contributed by atoms with Gasteiger partial charge >= 0.3 is 0 Å². The average Bonchev–Trinajstić information content (AvgIpc) is 3.09. The highest BCUT2D eigenvalue weighted by molar-refractivity contribution is 7.99. The summed E-state index contributed by atoms with van der Waals surface area (Å²) in [5.74, 6) is 3.62. The van der Waals surface area contributed by atoms with E-state index in [0.29, 0.717) is 11.5 Å². The van der Waals surface area contributed by atoms with Crippen LogP contribution in [0.4, 0.5) is 5.95 Å². The van der Waals surface area contributed by atoms with Crippen LogP contribution in [0.3, 0.4) is 0 Å². The Kier molecular flexibility index (Phi) is 5.07. The molecule has 0 saturated carbocycles. The Hall–Kier alpha value is -2.48. The van der Waals surface area contributed by atoms with Crippen LogP contribution in [-0.2, 0) is 6.42 Å². The van der Waals surface area contributed by atoms with Crippen LogP contribution in [0.15, 0.2) is 23.1 Å². The van der Waals surface area contributed by atoms with Crippen LogP contribution in [0.25, 0.3) is 22.7 Å². The first-order valence-electron chi connectivity index (χ1n) is 9.11. The number of hydrogen-bond donors (Lipinski definition) is 0. The minimum atomic E-state index is 0.710. The lowest BCUT2D eigenvalue weighted by Gasteiger charge is -2.26. The maximum Gasteiger partial charge on any atom is 0.226 e. The van der Waals surface area contributed by atoms with Gasteiger partial charge in [-0.15, -0.1) is 0 Å². The summed E-state index contributed by atoms with van der Waals surface area (Å²) in [6.07, 6.45) is 6.17. The summed E-state index contributed by atoms with van der Waals surface area (Å²) < 4.78 is 5.65. The monoisotopic (exact) mass is 382 g/mol. The summed E-state index contributed by atoms with van der Waals surface area (Å²) in [5, 5.41) is 4.15. The Morgan fingerprint density at radius 2 is 1.89 bits per heavy atom. The smallest absolute Gasteiger partial charge is 0.226 e. The summed E-state index contributed by atoms with van der Waals surface area (Å²) in [5.41, 5.74) is 5.08. The standard InChI is InChI=1S/C19H22N6OS/c1-4-14-13(3)24-26-18(14)15-10-22-19(25-5-7-27-8-6-25)23-17(15)16-11-20-12(2)9-21-16/h9-11H,4-8H2,1-3H3. The van der Waals surface area contributed by atoms with Gasteiger partial charge < -0.3 is 9.42 Å². The minimum Gasteiger partial charge on any atom is -0.356 e. The van der Waals surface area contributed by atoms with Gasteiger partial charge in [0.15, 0.2) is 5.76 Å². The lowest BCUT2D eigenvalue weighted by Crippen LogP contribution is -2.33. The normalized spacial score (nSPS) is 14.6. The number of rotatable bonds is 4. The number of anilines is 1. The fourth-order valence-corrected chi connectivity index (χ4v) is 4.08. The molecule has 0 unspecified atom stereocenters. The van der Waals surface area contributed by atoms with E-state index in [4.69, 9.17) is 9.51 Å². The van der Waals surface area contributed by atoms with Crippen LogP contribution in [0, 0.1) is 13.8 Å². The van der Waals surface area contributed by atoms with E-state index in [1.54, 1.807) is 12.4 Å². The first-order valence-corrected chi connectivity index (χ1v) is 10.3. The molecule has 0 amide bonds. The molecule has 4 rings (SSSR count). The predicted octanol–water partition coefficient (Wildman–Crippen LogP) is 3.32. The predicted molar refractivity (Wildman–Crippen MR) is 107 cm³/mol. The topological polar surface area (TPSA) is 80.8 Å². The molecule has 3 aromatic rings. The first kappa shape index (κ1) is 17.9. The molecule has 1 aliphatic heterocycles. The summed E-state index contributed by atoms with van der Waals surface area (Å²) in [4.78, 5) is 20.7. The van der Waals surface area contributed by atoms with Gasteiger partial charge in [0.05, 0.1) is 23.1 Å². The zero-order valence-electron chi connectivity index (χ0n) is 15.8. The molecule has 0 spiro atoms. The molecule has 0 aromatic carbocycles. The molecule has 8 heteroatoms. The Bertz CT molecular complexity index is 934. The van der Waals surface area contributed by atoms with E-state index >= 15 is 0 Å². The molecule has 1 aliphatic rings. The maximum absolute atomic E-state index is 5.65. The maximum atomic E-state index is 5.65. The molecule has 1 fully saturated rings. The SMILES string of the molecule is CCc1c(C)noc1-c1cnc(N2CCSCC2)nc1-c1cnc(C)cn1. The van der Waals surface area contributed by atoms with Gasteiger partial charge in [-0.3, -0.25) is 9.97 Å². The van der Waals surface area contributed by atoms with Crippen LogP contribution in [-0.4, -0.2) is 49.7 Å². The van der Waals surface area contributed by atoms with E-state index in [1.165, 1.54) is 0 Å². The van der Waals surface area contributed by atoms with E-state index < -0.39 is 0 Å². The highest BCUT2D eigenvalue weighted by atomic mass is 32.2. The van der Waals surface area contributed by atoms with Crippen molar-refractivity contribution in [2.24, 2.45) is 0 Å². The fraction of sp³-hybridized carbons (Fsp3) is 0.421. The van der Waals surface area contributed by atoms with Crippen molar-refractivity contribution in [3.8, 4) is 22.7 Å². The number of aromatic nitrogens is 5. The van der Waals surface area contributed by atoms with Crippen LogP contribution in [0.5, 0.6) is 0 Å². The fourth-order valence-electron chi connectivity index (χ4n) is 3.18. The van der Waals surface area contributed by atoms with Crippen LogP contribution < -0.4 is 4.90 Å². The molecular weight excluding hydrogens is 360 g/mol. The second kappa shape index (κ2) is 7.64. The zero-order valence-corrected chi connectivity index (χ0v) is 16.6. The third-order valence-electron chi connectivity index (χ3n) is 4.68. The lowest BCUT2D eigenvalue weighted by atomic mass is 10.0. The Balaban J connectivity index is 1.85. The largest absolute Gasteiger partial charge is 0.356 e. The summed E-state index contributed by atoms with van der Waals surface area (Å²) >= 11 is 1.96. The van der Waals surface area contributed by atoms with Crippen molar-refractivity contribution in [3.05, 3.63) is 35.5 Å². The van der Waals surface area contributed by atoms with Crippen molar-refractivity contribution in [3.63, 3.8) is 0 Å². The molecule has 27 heavy (non-hydrogen) atoms. The van der Waals surface area contributed by atoms with Crippen LogP contribution >= 0.6 is 11.8 Å². The Morgan fingerprint density at radius 1 is 1.07 bits per heavy atom. The second-order valence-corrected chi connectivity index (χ2v) is 7.73. The molecule has 140 valence electrons. The van der Waals surface area contributed by atoms with Crippen molar-refractivity contribution in [2.75, 3.05) is 29.5 Å². The molecule has 4 heterocycles.